The van der Waals surface area contributed by atoms with E-state index in [9.17, 15) is 0 Å². The van der Waals surface area contributed by atoms with Gasteiger partial charge in [0.2, 0.25) is 0 Å². The number of aliphatic hydroxyl groups is 1. The lowest BCUT2D eigenvalue weighted by Gasteiger charge is -2.12. The predicted octanol–water partition coefficient (Wildman–Crippen LogP) is 2.23. The van der Waals surface area contributed by atoms with Crippen LogP contribution < -0.4 is 5.32 Å². The van der Waals surface area contributed by atoms with Gasteiger partial charge in [-0.05, 0) is 32.5 Å². The lowest BCUT2D eigenvalue weighted by Crippen LogP contribution is -2.13. The second-order valence-electron chi connectivity index (χ2n) is 3.87. The molecule has 0 fully saturated rings. The number of nitrogens with zero attached hydrogens (tertiary/aromatic N) is 1. The van der Waals surface area contributed by atoms with Gasteiger partial charge in [-0.1, -0.05) is 6.92 Å². The molecular formula is C12H20N2OS. The van der Waals surface area contributed by atoms with Crippen molar-refractivity contribution in [2.45, 2.75) is 36.5 Å². The third-order valence-corrected chi connectivity index (χ3v) is 3.66. The van der Waals surface area contributed by atoms with Gasteiger partial charge in [-0.15, -0.1) is 11.8 Å². The molecule has 0 aromatic carbocycles. The van der Waals surface area contributed by atoms with E-state index in [0.29, 0.717) is 5.25 Å². The Balaban J connectivity index is 2.57. The molecule has 0 saturated heterocycles. The molecule has 2 N–H and O–H groups in total. The van der Waals surface area contributed by atoms with Gasteiger partial charge in [0.1, 0.15) is 0 Å². The number of nitrogens with one attached hydrogen (secondary N) is 1. The number of aromatic nitrogens is 1. The van der Waals surface area contributed by atoms with E-state index in [1.807, 2.05) is 13.2 Å². The Bertz CT molecular complexity index is 302. The molecule has 0 aliphatic rings. The SMILES string of the molecule is CNC(C)c1ccc(SC(C)CCO)cn1. The number of hydrogen-bond acceptors (Lipinski definition) is 4. The van der Waals surface area contributed by atoms with Gasteiger partial charge in [-0.3, -0.25) is 4.98 Å². The first-order valence-electron chi connectivity index (χ1n) is 5.58. The zero-order chi connectivity index (χ0) is 12.0. The molecule has 0 spiro atoms. The quantitative estimate of drug-likeness (QED) is 0.748. The summed E-state index contributed by atoms with van der Waals surface area (Å²) in [5.74, 6) is 0. The van der Waals surface area contributed by atoms with Crippen LogP contribution >= 0.6 is 11.8 Å². The Hall–Kier alpha value is -0.580. The van der Waals surface area contributed by atoms with Crippen molar-refractivity contribution < 1.29 is 5.11 Å². The molecule has 1 rings (SSSR count). The Labute approximate surface area is 102 Å². The molecule has 4 heteroatoms. The van der Waals surface area contributed by atoms with Crippen LogP contribution in [0.5, 0.6) is 0 Å². The second-order valence-corrected chi connectivity index (χ2v) is 5.38. The highest BCUT2D eigenvalue weighted by Crippen LogP contribution is 2.24. The van der Waals surface area contributed by atoms with Crippen LogP contribution in [0.25, 0.3) is 0 Å². The Kier molecular flexibility index (Phi) is 5.80. The average Bonchev–Trinajstić information content (AvgIpc) is 2.29. The first-order chi connectivity index (χ1) is 7.67. The maximum atomic E-state index is 8.83. The van der Waals surface area contributed by atoms with E-state index in [0.717, 1.165) is 17.0 Å². The van der Waals surface area contributed by atoms with Crippen LogP contribution in [0.3, 0.4) is 0 Å². The third kappa shape index (κ3) is 4.12. The van der Waals surface area contributed by atoms with Crippen molar-refractivity contribution in [1.29, 1.82) is 0 Å². The fraction of sp³-hybridized carbons (Fsp3) is 0.583. The molecule has 0 bridgehead atoms. The van der Waals surface area contributed by atoms with Crippen LogP contribution in [-0.2, 0) is 0 Å². The fourth-order valence-electron chi connectivity index (χ4n) is 1.34. The summed E-state index contributed by atoms with van der Waals surface area (Å²) in [7, 11) is 1.93. The molecule has 0 amide bonds. The van der Waals surface area contributed by atoms with Crippen LogP contribution in [0.4, 0.5) is 0 Å². The monoisotopic (exact) mass is 240 g/mol. The van der Waals surface area contributed by atoms with E-state index in [1.165, 1.54) is 0 Å². The number of thioether (sulfide) groups is 1. The molecule has 16 heavy (non-hydrogen) atoms. The molecule has 0 aliphatic heterocycles. The summed E-state index contributed by atoms with van der Waals surface area (Å²) < 4.78 is 0. The first kappa shape index (κ1) is 13.5. The number of hydrogen-bond donors (Lipinski definition) is 2. The number of rotatable bonds is 6. The Morgan fingerprint density at radius 3 is 2.69 bits per heavy atom. The van der Waals surface area contributed by atoms with E-state index >= 15 is 0 Å². The van der Waals surface area contributed by atoms with E-state index in [4.69, 9.17) is 5.11 Å². The Morgan fingerprint density at radius 1 is 1.44 bits per heavy atom. The standard InChI is InChI=1S/C12H20N2OS/c1-9(6-7-15)16-11-4-5-12(14-8-11)10(2)13-3/h4-5,8-10,13,15H,6-7H2,1-3H3. The summed E-state index contributed by atoms with van der Waals surface area (Å²) >= 11 is 1.75. The van der Waals surface area contributed by atoms with Gasteiger partial charge in [0.25, 0.3) is 0 Å². The van der Waals surface area contributed by atoms with Crippen LogP contribution in [0.15, 0.2) is 23.2 Å². The second kappa shape index (κ2) is 6.89. The molecule has 0 saturated carbocycles. The van der Waals surface area contributed by atoms with E-state index in [-0.39, 0.29) is 12.6 Å². The van der Waals surface area contributed by atoms with Gasteiger partial charge in [0, 0.05) is 29.0 Å². The smallest absolute Gasteiger partial charge is 0.0571 e. The predicted molar refractivity (Wildman–Crippen MR) is 68.7 cm³/mol. The number of pyridine rings is 1. The molecule has 2 unspecified atom stereocenters. The molecule has 90 valence electrons. The summed E-state index contributed by atoms with van der Waals surface area (Å²) in [6.07, 6.45) is 2.72. The minimum Gasteiger partial charge on any atom is -0.396 e. The number of aliphatic hydroxyl groups excluding tert-OH is 1. The van der Waals surface area contributed by atoms with E-state index in [1.54, 1.807) is 11.8 Å². The van der Waals surface area contributed by atoms with Crippen molar-refractivity contribution in [2.24, 2.45) is 0 Å². The van der Waals surface area contributed by atoms with Crippen LogP contribution in [-0.4, -0.2) is 29.0 Å². The lowest BCUT2D eigenvalue weighted by molar-refractivity contribution is 0.289. The molecule has 0 radical (unpaired) electrons. The van der Waals surface area contributed by atoms with Gasteiger partial charge in [-0.2, -0.15) is 0 Å². The zero-order valence-electron chi connectivity index (χ0n) is 10.1. The fourth-order valence-corrected chi connectivity index (χ4v) is 2.29. The minimum atomic E-state index is 0.246. The van der Waals surface area contributed by atoms with Crippen LogP contribution in [0.2, 0.25) is 0 Å². The van der Waals surface area contributed by atoms with Crippen molar-refractivity contribution in [2.75, 3.05) is 13.7 Å². The van der Waals surface area contributed by atoms with Gasteiger partial charge in [0.05, 0.1) is 5.69 Å². The van der Waals surface area contributed by atoms with Crippen molar-refractivity contribution in [3.8, 4) is 0 Å². The largest absolute Gasteiger partial charge is 0.396 e. The van der Waals surface area contributed by atoms with Gasteiger partial charge in [-0.25, -0.2) is 0 Å². The minimum absolute atomic E-state index is 0.246. The Morgan fingerprint density at radius 2 is 2.19 bits per heavy atom. The van der Waals surface area contributed by atoms with Crippen LogP contribution in [0, 0.1) is 0 Å². The van der Waals surface area contributed by atoms with Gasteiger partial charge < -0.3 is 10.4 Å². The third-order valence-electron chi connectivity index (χ3n) is 2.51. The van der Waals surface area contributed by atoms with Crippen molar-refractivity contribution in [3.63, 3.8) is 0 Å². The summed E-state index contributed by atoms with van der Waals surface area (Å²) in [6, 6.07) is 4.43. The molecule has 3 nitrogen and oxygen atoms in total. The first-order valence-corrected chi connectivity index (χ1v) is 6.46. The van der Waals surface area contributed by atoms with Crippen molar-refractivity contribution in [1.82, 2.24) is 10.3 Å². The summed E-state index contributed by atoms with van der Waals surface area (Å²) in [5, 5.41) is 12.4. The highest BCUT2D eigenvalue weighted by molar-refractivity contribution is 7.99. The average molecular weight is 240 g/mol. The molecule has 0 aliphatic carbocycles. The molecule has 2 atom stereocenters. The van der Waals surface area contributed by atoms with Gasteiger partial charge in [0.15, 0.2) is 0 Å². The molecule has 1 aromatic heterocycles. The van der Waals surface area contributed by atoms with Crippen molar-refractivity contribution in [3.05, 3.63) is 24.0 Å². The summed E-state index contributed by atoms with van der Waals surface area (Å²) in [5.41, 5.74) is 1.06. The zero-order valence-corrected chi connectivity index (χ0v) is 10.9. The van der Waals surface area contributed by atoms with Crippen molar-refractivity contribution >= 4 is 11.8 Å². The molecule has 1 heterocycles. The lowest BCUT2D eigenvalue weighted by atomic mass is 10.2. The highest BCUT2D eigenvalue weighted by atomic mass is 32.2. The normalized spacial score (nSPS) is 14.8. The summed E-state index contributed by atoms with van der Waals surface area (Å²) in [6.45, 7) is 4.45. The van der Waals surface area contributed by atoms with E-state index < -0.39 is 0 Å². The molecule has 1 aromatic rings. The highest BCUT2D eigenvalue weighted by Gasteiger charge is 2.06. The maximum Gasteiger partial charge on any atom is 0.0571 e. The van der Waals surface area contributed by atoms with Crippen LogP contribution in [0.1, 0.15) is 32.0 Å². The topological polar surface area (TPSA) is 45.1 Å². The summed E-state index contributed by atoms with van der Waals surface area (Å²) in [4.78, 5) is 5.58. The van der Waals surface area contributed by atoms with E-state index in [2.05, 4.69) is 36.3 Å². The maximum absolute atomic E-state index is 8.83. The van der Waals surface area contributed by atoms with Gasteiger partial charge >= 0.3 is 0 Å². The molecular weight excluding hydrogens is 220 g/mol.